The molecule has 0 radical (unpaired) electrons. The quantitative estimate of drug-likeness (QED) is 0.0423. The summed E-state index contributed by atoms with van der Waals surface area (Å²) in [6, 6.07) is 22.7. The van der Waals surface area contributed by atoms with Crippen LogP contribution in [0.5, 0.6) is 0 Å². The number of allylic oxidation sites excluding steroid dienone is 4. The molecule has 0 saturated carbocycles. The molecule has 0 aliphatic rings. The van der Waals surface area contributed by atoms with E-state index in [9.17, 15) is 0 Å². The Kier molecular flexibility index (Phi) is 26.2. The molecule has 1 nitrogen and oxygen atoms in total. The van der Waals surface area contributed by atoms with Gasteiger partial charge in [-0.05, 0) is 64.2 Å². The highest BCUT2D eigenvalue weighted by atomic mass is 15.3. The van der Waals surface area contributed by atoms with Crippen LogP contribution in [0.1, 0.15) is 179 Å². The second-order valence-electron chi connectivity index (χ2n) is 14.5. The van der Waals surface area contributed by atoms with Gasteiger partial charge in [0.05, 0.1) is 13.1 Å². The van der Waals surface area contributed by atoms with Gasteiger partial charge in [0.25, 0.3) is 0 Å². The molecule has 2 aromatic rings. The lowest BCUT2D eigenvalue weighted by atomic mass is 10.0. The Labute approximate surface area is 293 Å². The Morgan fingerprint density at radius 3 is 1.00 bits per heavy atom. The zero-order chi connectivity index (χ0) is 33.4. The van der Waals surface area contributed by atoms with Crippen LogP contribution in [0.3, 0.4) is 0 Å². The maximum Gasteiger partial charge on any atom is 0.105 e. The molecule has 0 aromatic heterocycles. The Bertz CT molecular complexity index is 893. The van der Waals surface area contributed by atoms with E-state index in [-0.39, 0.29) is 0 Å². The van der Waals surface area contributed by atoms with E-state index in [1.54, 1.807) is 0 Å². The van der Waals surface area contributed by atoms with E-state index in [2.05, 4.69) is 98.8 Å². The zero-order valence-corrected chi connectivity index (χ0v) is 31.3. The summed E-state index contributed by atoms with van der Waals surface area (Å²) in [6.45, 7) is 9.46. The molecule has 47 heavy (non-hydrogen) atoms. The molecule has 0 bridgehead atoms. The maximum absolute atomic E-state index is 2.40. The van der Waals surface area contributed by atoms with Crippen LogP contribution in [-0.4, -0.2) is 17.6 Å². The standard InChI is InChI=1S/C46H76N/c1-3-5-7-9-11-13-15-17-19-21-23-25-27-35-41-47(43-45-37-31-29-32-38-45,44-46-39-33-30-34-40-46)42-36-28-26-24-22-20-18-16-14-12-10-8-6-4-2/h7-10,29-34,37-40H,3-6,11-28,35-36,41-44H2,1-2H3/q+1/b9-7+,10-8+. The molecule has 0 unspecified atom stereocenters. The molecule has 264 valence electrons. The van der Waals surface area contributed by atoms with Gasteiger partial charge in [-0.15, -0.1) is 0 Å². The van der Waals surface area contributed by atoms with Crippen LogP contribution in [0.15, 0.2) is 85.0 Å². The van der Waals surface area contributed by atoms with E-state index in [0.717, 1.165) is 13.1 Å². The third-order valence-electron chi connectivity index (χ3n) is 9.97. The number of quaternary nitrogens is 1. The van der Waals surface area contributed by atoms with Crippen molar-refractivity contribution in [1.82, 2.24) is 0 Å². The minimum atomic E-state index is 1.16. The first kappa shape index (κ1) is 41.1. The first-order valence-corrected chi connectivity index (χ1v) is 20.5. The van der Waals surface area contributed by atoms with Gasteiger partial charge in [-0.2, -0.15) is 0 Å². The fraction of sp³-hybridized carbons (Fsp3) is 0.652. The van der Waals surface area contributed by atoms with Crippen molar-refractivity contribution >= 4 is 0 Å². The van der Waals surface area contributed by atoms with E-state index in [1.165, 1.54) is 183 Å². The molecule has 0 heterocycles. The van der Waals surface area contributed by atoms with Crippen LogP contribution < -0.4 is 0 Å². The SMILES string of the molecule is CCC/C=C/CCCCCCCCCCC[N+](CCCCCCCCCCC/C=C/CCC)(Cc1ccccc1)Cc1ccccc1. The van der Waals surface area contributed by atoms with Crippen molar-refractivity contribution in [2.75, 3.05) is 13.1 Å². The molecule has 0 spiro atoms. The molecule has 1 heteroatoms. The Morgan fingerprint density at radius 2 is 0.660 bits per heavy atom. The summed E-state index contributed by atoms with van der Waals surface area (Å²) in [7, 11) is 0. The first-order chi connectivity index (χ1) is 23.3. The number of nitrogens with zero attached hydrogens (tertiary/aromatic N) is 1. The van der Waals surface area contributed by atoms with Gasteiger partial charge in [-0.3, -0.25) is 0 Å². The fourth-order valence-electron chi connectivity index (χ4n) is 7.12. The Balaban J connectivity index is 1.76. The molecule has 0 amide bonds. The van der Waals surface area contributed by atoms with Gasteiger partial charge in [0, 0.05) is 11.1 Å². The van der Waals surface area contributed by atoms with Crippen LogP contribution in [-0.2, 0) is 13.1 Å². The minimum Gasteiger partial charge on any atom is -0.316 e. The molecule has 0 aliphatic carbocycles. The average molecular weight is 643 g/mol. The van der Waals surface area contributed by atoms with Crippen molar-refractivity contribution < 1.29 is 4.48 Å². The van der Waals surface area contributed by atoms with E-state index in [0.29, 0.717) is 0 Å². The predicted octanol–water partition coefficient (Wildman–Crippen LogP) is 14.7. The van der Waals surface area contributed by atoms with Gasteiger partial charge < -0.3 is 4.48 Å². The predicted molar refractivity (Wildman–Crippen MR) is 211 cm³/mol. The highest BCUT2D eigenvalue weighted by Gasteiger charge is 2.27. The fourth-order valence-corrected chi connectivity index (χ4v) is 7.12. The number of benzene rings is 2. The van der Waals surface area contributed by atoms with Crippen LogP contribution in [0.25, 0.3) is 0 Å². The van der Waals surface area contributed by atoms with Crippen LogP contribution in [0.2, 0.25) is 0 Å². The largest absolute Gasteiger partial charge is 0.316 e. The van der Waals surface area contributed by atoms with Crippen molar-refractivity contribution in [1.29, 1.82) is 0 Å². The van der Waals surface area contributed by atoms with Crippen LogP contribution in [0, 0.1) is 0 Å². The van der Waals surface area contributed by atoms with E-state index in [1.807, 2.05) is 0 Å². The smallest absolute Gasteiger partial charge is 0.105 e. The van der Waals surface area contributed by atoms with Crippen molar-refractivity contribution in [3.8, 4) is 0 Å². The van der Waals surface area contributed by atoms with Crippen molar-refractivity contribution in [3.05, 3.63) is 96.1 Å². The minimum absolute atomic E-state index is 1.16. The molecule has 2 aromatic carbocycles. The lowest BCUT2D eigenvalue weighted by Crippen LogP contribution is -2.48. The summed E-state index contributed by atoms with van der Waals surface area (Å²) in [5.41, 5.74) is 3.01. The van der Waals surface area contributed by atoms with Crippen LogP contribution in [0.4, 0.5) is 0 Å². The second kappa shape index (κ2) is 30.0. The first-order valence-electron chi connectivity index (χ1n) is 20.5. The number of rotatable bonds is 32. The van der Waals surface area contributed by atoms with Gasteiger partial charge in [-0.1, -0.05) is 189 Å². The maximum atomic E-state index is 2.40. The van der Waals surface area contributed by atoms with E-state index >= 15 is 0 Å². The monoisotopic (exact) mass is 643 g/mol. The summed E-state index contributed by atoms with van der Waals surface area (Å²) in [5, 5.41) is 0. The Hall–Kier alpha value is -2.12. The molecular weight excluding hydrogens is 567 g/mol. The second-order valence-corrected chi connectivity index (χ2v) is 14.5. The molecule has 0 atom stereocenters. The third-order valence-corrected chi connectivity index (χ3v) is 9.97. The van der Waals surface area contributed by atoms with Crippen molar-refractivity contribution in [2.45, 2.75) is 181 Å². The van der Waals surface area contributed by atoms with Gasteiger partial charge in [0.15, 0.2) is 0 Å². The summed E-state index contributed by atoms with van der Waals surface area (Å²) < 4.78 is 1.22. The average Bonchev–Trinajstić information content (AvgIpc) is 3.09. The highest BCUT2D eigenvalue weighted by Crippen LogP contribution is 2.24. The molecule has 0 aliphatic heterocycles. The number of hydrogen-bond donors (Lipinski definition) is 0. The highest BCUT2D eigenvalue weighted by molar-refractivity contribution is 5.15. The summed E-state index contributed by atoms with van der Waals surface area (Å²) >= 11 is 0. The number of hydrogen-bond acceptors (Lipinski definition) is 0. The van der Waals surface area contributed by atoms with Gasteiger partial charge >= 0.3 is 0 Å². The van der Waals surface area contributed by atoms with Crippen molar-refractivity contribution in [3.63, 3.8) is 0 Å². The third kappa shape index (κ3) is 23.0. The van der Waals surface area contributed by atoms with Gasteiger partial charge in [0.2, 0.25) is 0 Å². The topological polar surface area (TPSA) is 0 Å². The van der Waals surface area contributed by atoms with Crippen LogP contribution >= 0.6 is 0 Å². The molecular formula is C46H76N+. The lowest BCUT2D eigenvalue weighted by Gasteiger charge is -2.39. The lowest BCUT2D eigenvalue weighted by molar-refractivity contribution is -0.954. The normalized spacial score (nSPS) is 12.1. The van der Waals surface area contributed by atoms with E-state index in [4.69, 9.17) is 0 Å². The summed E-state index contributed by atoms with van der Waals surface area (Å²) in [4.78, 5) is 0. The van der Waals surface area contributed by atoms with Gasteiger partial charge in [0.1, 0.15) is 13.1 Å². The Morgan fingerprint density at radius 1 is 0.362 bits per heavy atom. The molecule has 2 rings (SSSR count). The summed E-state index contributed by atoms with van der Waals surface area (Å²) in [5.74, 6) is 0. The molecule has 0 saturated heterocycles. The zero-order valence-electron chi connectivity index (χ0n) is 31.3. The molecule has 0 N–H and O–H groups in total. The van der Waals surface area contributed by atoms with E-state index < -0.39 is 0 Å². The molecule has 0 fully saturated rings. The number of unbranched alkanes of at least 4 members (excludes halogenated alkanes) is 20. The van der Waals surface area contributed by atoms with Gasteiger partial charge in [-0.25, -0.2) is 0 Å². The van der Waals surface area contributed by atoms with Crippen molar-refractivity contribution in [2.24, 2.45) is 0 Å². The summed E-state index contributed by atoms with van der Waals surface area (Å²) in [6.07, 6.45) is 42.4.